The van der Waals surface area contributed by atoms with Crippen LogP contribution in [0, 0.1) is 5.82 Å². The Labute approximate surface area is 165 Å². The number of H-pyrrole nitrogens is 1. The highest BCUT2D eigenvalue weighted by Crippen LogP contribution is 2.35. The van der Waals surface area contributed by atoms with Gasteiger partial charge in [0.1, 0.15) is 17.2 Å². The maximum atomic E-state index is 14.4. The summed E-state index contributed by atoms with van der Waals surface area (Å²) in [5.41, 5.74) is 0.999. The van der Waals surface area contributed by atoms with Gasteiger partial charge in [0.2, 0.25) is 0 Å². The Morgan fingerprint density at radius 1 is 1.30 bits per heavy atom. The Bertz CT molecular complexity index is 1040. The lowest BCUT2D eigenvalue weighted by Gasteiger charge is -2.27. The molecule has 0 bridgehead atoms. The van der Waals surface area contributed by atoms with Crippen molar-refractivity contribution in [1.29, 1.82) is 0 Å². The van der Waals surface area contributed by atoms with E-state index in [1.165, 1.54) is 0 Å². The van der Waals surface area contributed by atoms with Crippen molar-refractivity contribution >= 4 is 43.8 Å². The number of halogens is 2. The maximum Gasteiger partial charge on any atom is 0.410 e. The number of carbonyl (C=O) groups excluding carboxylic acids is 1. The standard InChI is InChI=1S/C20H21BrFN3O2/c1-20(2,3)27-19(26)25-10-4-5-15(25)18-23-14-9-7-11-12(17(14)24-18)6-8-13(21)16(11)22/h6-9,15H,4-5,10H2,1-3H3,(H,23,24)/t15-/m0/s1. The first-order valence-electron chi connectivity index (χ1n) is 9.00. The number of aromatic amines is 1. The number of hydrogen-bond donors (Lipinski definition) is 1. The molecule has 4 rings (SSSR count). The zero-order chi connectivity index (χ0) is 19.3. The van der Waals surface area contributed by atoms with Crippen molar-refractivity contribution in [1.82, 2.24) is 14.9 Å². The molecule has 1 amide bonds. The van der Waals surface area contributed by atoms with Gasteiger partial charge in [-0.05, 0) is 67.7 Å². The lowest BCUT2D eigenvalue weighted by atomic mass is 10.1. The Hall–Kier alpha value is -2.15. The van der Waals surface area contributed by atoms with Crippen LogP contribution in [-0.4, -0.2) is 33.1 Å². The minimum Gasteiger partial charge on any atom is -0.444 e. The smallest absolute Gasteiger partial charge is 0.410 e. The SMILES string of the molecule is CC(C)(C)OC(=O)N1CCC[C@H]1c1nc2ccc3c(F)c(Br)ccc3c2[nH]1. The third-order valence-electron chi connectivity index (χ3n) is 4.76. The summed E-state index contributed by atoms with van der Waals surface area (Å²) in [6, 6.07) is 6.94. The molecule has 1 N–H and O–H groups in total. The first kappa shape index (κ1) is 18.2. The molecular formula is C20H21BrFN3O2. The van der Waals surface area contributed by atoms with Crippen LogP contribution in [0.15, 0.2) is 28.7 Å². The number of hydrogen-bond acceptors (Lipinski definition) is 3. The molecule has 142 valence electrons. The predicted octanol–water partition coefficient (Wildman–Crippen LogP) is 5.69. The highest BCUT2D eigenvalue weighted by atomic mass is 79.9. The minimum atomic E-state index is -0.542. The molecule has 1 saturated heterocycles. The van der Waals surface area contributed by atoms with E-state index in [1.54, 1.807) is 23.1 Å². The molecule has 3 aromatic rings. The van der Waals surface area contributed by atoms with Gasteiger partial charge in [0.15, 0.2) is 0 Å². The van der Waals surface area contributed by atoms with Gasteiger partial charge in [-0.25, -0.2) is 14.2 Å². The van der Waals surface area contributed by atoms with Gasteiger partial charge in [-0.2, -0.15) is 0 Å². The van der Waals surface area contributed by atoms with Gasteiger partial charge in [-0.3, -0.25) is 4.90 Å². The van der Waals surface area contributed by atoms with Gasteiger partial charge in [-0.15, -0.1) is 0 Å². The van der Waals surface area contributed by atoms with Gasteiger partial charge >= 0.3 is 6.09 Å². The fourth-order valence-electron chi connectivity index (χ4n) is 3.59. The zero-order valence-corrected chi connectivity index (χ0v) is 17.1. The molecule has 0 unspecified atom stereocenters. The Kier molecular flexibility index (Phi) is 4.37. The number of imidazole rings is 1. The third kappa shape index (κ3) is 3.29. The number of ether oxygens (including phenoxy) is 1. The van der Waals surface area contributed by atoms with Crippen molar-refractivity contribution in [2.45, 2.75) is 45.3 Å². The number of benzene rings is 2. The second kappa shape index (κ2) is 6.48. The van der Waals surface area contributed by atoms with Crippen molar-refractivity contribution < 1.29 is 13.9 Å². The number of nitrogens with zero attached hydrogens (tertiary/aromatic N) is 2. The van der Waals surface area contributed by atoms with Crippen LogP contribution in [0.25, 0.3) is 21.8 Å². The van der Waals surface area contributed by atoms with Crippen LogP contribution in [-0.2, 0) is 4.74 Å². The van der Waals surface area contributed by atoms with E-state index in [0.717, 1.165) is 29.3 Å². The van der Waals surface area contributed by atoms with E-state index in [2.05, 4.69) is 25.9 Å². The largest absolute Gasteiger partial charge is 0.444 e. The minimum absolute atomic E-state index is 0.164. The number of nitrogens with one attached hydrogen (secondary N) is 1. The molecule has 1 fully saturated rings. The number of amides is 1. The fraction of sp³-hybridized carbons (Fsp3) is 0.400. The van der Waals surface area contributed by atoms with Gasteiger partial charge in [0.25, 0.3) is 0 Å². The lowest BCUT2D eigenvalue weighted by molar-refractivity contribution is 0.0219. The van der Waals surface area contributed by atoms with Crippen molar-refractivity contribution in [2.24, 2.45) is 0 Å². The van der Waals surface area contributed by atoms with Crippen LogP contribution in [0.2, 0.25) is 0 Å². The maximum absolute atomic E-state index is 14.4. The van der Waals surface area contributed by atoms with E-state index >= 15 is 0 Å². The Morgan fingerprint density at radius 2 is 2.04 bits per heavy atom. The number of carbonyl (C=O) groups is 1. The summed E-state index contributed by atoms with van der Waals surface area (Å²) >= 11 is 3.23. The van der Waals surface area contributed by atoms with Gasteiger partial charge in [-0.1, -0.05) is 6.07 Å². The molecule has 27 heavy (non-hydrogen) atoms. The first-order chi connectivity index (χ1) is 12.7. The molecule has 5 nitrogen and oxygen atoms in total. The van der Waals surface area contributed by atoms with Crippen molar-refractivity contribution in [3.63, 3.8) is 0 Å². The average molecular weight is 434 g/mol. The van der Waals surface area contributed by atoms with E-state index in [-0.39, 0.29) is 18.0 Å². The first-order valence-corrected chi connectivity index (χ1v) is 9.80. The summed E-state index contributed by atoms with van der Waals surface area (Å²) in [7, 11) is 0. The van der Waals surface area contributed by atoms with Crippen LogP contribution in [0.3, 0.4) is 0 Å². The Morgan fingerprint density at radius 3 is 2.78 bits per heavy atom. The highest BCUT2D eigenvalue weighted by Gasteiger charge is 2.35. The number of aromatic nitrogens is 2. The van der Waals surface area contributed by atoms with Crippen molar-refractivity contribution in [3.05, 3.63) is 40.4 Å². The molecule has 1 aliphatic rings. The summed E-state index contributed by atoms with van der Waals surface area (Å²) in [5, 5.41) is 1.30. The molecular weight excluding hydrogens is 413 g/mol. The van der Waals surface area contributed by atoms with E-state index in [0.29, 0.717) is 22.2 Å². The van der Waals surface area contributed by atoms with Gasteiger partial charge in [0.05, 0.1) is 21.5 Å². The van der Waals surface area contributed by atoms with Gasteiger partial charge < -0.3 is 9.72 Å². The van der Waals surface area contributed by atoms with E-state index in [9.17, 15) is 9.18 Å². The summed E-state index contributed by atoms with van der Waals surface area (Å²) in [5.74, 6) is 0.422. The van der Waals surface area contributed by atoms with E-state index in [1.807, 2.05) is 26.8 Å². The quantitative estimate of drug-likeness (QED) is 0.536. The van der Waals surface area contributed by atoms with Crippen LogP contribution < -0.4 is 0 Å². The normalized spacial score (nSPS) is 17.8. The topological polar surface area (TPSA) is 58.2 Å². The molecule has 0 radical (unpaired) electrons. The molecule has 2 heterocycles. The number of likely N-dealkylation sites (tertiary alicyclic amines) is 1. The second-order valence-corrected chi connectivity index (χ2v) is 8.72. The number of rotatable bonds is 1. The summed E-state index contributed by atoms with van der Waals surface area (Å²) in [6.07, 6.45) is 1.38. The van der Waals surface area contributed by atoms with E-state index in [4.69, 9.17) is 4.74 Å². The third-order valence-corrected chi connectivity index (χ3v) is 5.37. The summed E-state index contributed by atoms with van der Waals surface area (Å²) < 4.78 is 20.4. The molecule has 1 aromatic heterocycles. The van der Waals surface area contributed by atoms with Gasteiger partial charge in [0, 0.05) is 17.3 Å². The monoisotopic (exact) mass is 433 g/mol. The fourth-order valence-corrected chi connectivity index (χ4v) is 3.93. The van der Waals surface area contributed by atoms with Crippen LogP contribution >= 0.6 is 15.9 Å². The lowest BCUT2D eigenvalue weighted by Crippen LogP contribution is -2.36. The number of fused-ring (bicyclic) bond motifs is 3. The second-order valence-electron chi connectivity index (χ2n) is 7.87. The molecule has 0 spiro atoms. The van der Waals surface area contributed by atoms with Crippen molar-refractivity contribution in [3.8, 4) is 0 Å². The zero-order valence-electron chi connectivity index (χ0n) is 15.5. The molecule has 0 aliphatic carbocycles. The molecule has 1 aliphatic heterocycles. The summed E-state index contributed by atoms with van der Waals surface area (Å²) in [4.78, 5) is 22.3. The van der Waals surface area contributed by atoms with Crippen LogP contribution in [0.4, 0.5) is 9.18 Å². The summed E-state index contributed by atoms with van der Waals surface area (Å²) in [6.45, 7) is 6.21. The van der Waals surface area contributed by atoms with E-state index < -0.39 is 5.60 Å². The molecule has 1 atom stereocenters. The Balaban J connectivity index is 1.74. The van der Waals surface area contributed by atoms with Crippen molar-refractivity contribution in [2.75, 3.05) is 6.54 Å². The predicted molar refractivity (Wildman–Crippen MR) is 106 cm³/mol. The molecule has 7 heteroatoms. The van der Waals surface area contributed by atoms with Crippen LogP contribution in [0.5, 0.6) is 0 Å². The average Bonchev–Trinajstić information content (AvgIpc) is 3.22. The van der Waals surface area contributed by atoms with Crippen LogP contribution in [0.1, 0.15) is 45.5 Å². The molecule has 2 aromatic carbocycles. The highest BCUT2D eigenvalue weighted by molar-refractivity contribution is 9.10. The molecule has 0 saturated carbocycles.